The molecular weight excluding hydrogens is 387 g/mol. The van der Waals surface area contributed by atoms with Crippen LogP contribution in [0.4, 0.5) is 18.9 Å². The van der Waals surface area contributed by atoms with Gasteiger partial charge in [-0.05, 0) is 18.2 Å². The molecule has 11 heteroatoms. The van der Waals surface area contributed by atoms with Crippen molar-refractivity contribution in [1.29, 1.82) is 0 Å². The maximum atomic E-state index is 13.1. The van der Waals surface area contributed by atoms with E-state index in [1.54, 1.807) is 0 Å². The van der Waals surface area contributed by atoms with Crippen LogP contribution in [-0.2, 0) is 27.1 Å². The molecule has 0 N–H and O–H groups in total. The fourth-order valence-corrected chi connectivity index (χ4v) is 3.38. The van der Waals surface area contributed by atoms with Crippen molar-refractivity contribution in [3.63, 3.8) is 0 Å². The van der Waals surface area contributed by atoms with Crippen LogP contribution in [0.3, 0.4) is 0 Å². The summed E-state index contributed by atoms with van der Waals surface area (Å²) >= 11 is 5.73. The molecule has 0 unspecified atom stereocenters. The Balaban J connectivity index is 2.44. The molecule has 0 amide bonds. The topological polar surface area (TPSA) is 86.5 Å². The Kier molecular flexibility index (Phi) is 5.35. The molecule has 0 fully saturated rings. The Morgan fingerprint density at radius 3 is 2.32 bits per heavy atom. The maximum absolute atomic E-state index is 13.1. The second kappa shape index (κ2) is 6.98. The van der Waals surface area contributed by atoms with Gasteiger partial charge in [-0.1, -0.05) is 29.8 Å². The number of nitro groups is 1. The van der Waals surface area contributed by atoms with Crippen molar-refractivity contribution in [3.8, 4) is 0 Å². The van der Waals surface area contributed by atoms with Gasteiger partial charge in [-0.15, -0.1) is 0 Å². The minimum Gasteiger partial charge on any atom is -0.261 e. The van der Waals surface area contributed by atoms with Crippen LogP contribution in [0.2, 0.25) is 5.02 Å². The third-order valence-electron chi connectivity index (χ3n) is 3.12. The molecular formula is C14H9ClF3NO5S. The van der Waals surface area contributed by atoms with Crippen LogP contribution in [0.5, 0.6) is 0 Å². The summed E-state index contributed by atoms with van der Waals surface area (Å²) in [7, 11) is -4.52. The highest BCUT2D eigenvalue weighted by atomic mass is 35.5. The van der Waals surface area contributed by atoms with E-state index in [0.29, 0.717) is 6.07 Å². The summed E-state index contributed by atoms with van der Waals surface area (Å²) < 4.78 is 68.0. The highest BCUT2D eigenvalue weighted by molar-refractivity contribution is 7.86. The fraction of sp³-hybridized carbons (Fsp3) is 0.143. The second-order valence-corrected chi connectivity index (χ2v) is 6.70. The van der Waals surface area contributed by atoms with Crippen LogP contribution < -0.4 is 0 Å². The SMILES string of the molecule is O=[N+]([O-])c1cccc(C(F)(F)F)c1COS(=O)(=O)c1ccccc1Cl. The number of benzene rings is 2. The van der Waals surface area contributed by atoms with E-state index in [2.05, 4.69) is 4.18 Å². The van der Waals surface area contributed by atoms with Crippen LogP contribution in [0, 0.1) is 10.1 Å². The fourth-order valence-electron chi connectivity index (χ4n) is 2.01. The molecule has 0 heterocycles. The van der Waals surface area contributed by atoms with E-state index in [-0.39, 0.29) is 5.02 Å². The molecule has 0 aromatic heterocycles. The van der Waals surface area contributed by atoms with Crippen LogP contribution in [0.25, 0.3) is 0 Å². The van der Waals surface area contributed by atoms with Gasteiger partial charge in [0.05, 0.1) is 27.7 Å². The molecule has 2 aromatic carbocycles. The first-order chi connectivity index (χ1) is 11.5. The summed E-state index contributed by atoms with van der Waals surface area (Å²) in [5, 5.41) is 10.8. The first-order valence-electron chi connectivity index (χ1n) is 6.51. The van der Waals surface area contributed by atoms with Crippen LogP contribution in [-0.4, -0.2) is 13.3 Å². The molecule has 0 spiro atoms. The quantitative estimate of drug-likeness (QED) is 0.431. The zero-order chi connectivity index (χ0) is 18.8. The molecule has 0 saturated heterocycles. The molecule has 0 aliphatic rings. The van der Waals surface area contributed by atoms with Crippen molar-refractivity contribution in [1.82, 2.24) is 0 Å². The molecule has 0 bridgehead atoms. The van der Waals surface area contributed by atoms with E-state index in [9.17, 15) is 31.7 Å². The first kappa shape index (κ1) is 19.2. The van der Waals surface area contributed by atoms with E-state index >= 15 is 0 Å². The zero-order valence-electron chi connectivity index (χ0n) is 12.2. The molecule has 0 radical (unpaired) electrons. The first-order valence-corrected chi connectivity index (χ1v) is 8.30. The number of nitro benzene ring substituents is 1. The summed E-state index contributed by atoms with van der Waals surface area (Å²) in [4.78, 5) is 9.46. The minimum absolute atomic E-state index is 0.193. The second-order valence-electron chi connectivity index (χ2n) is 4.70. The van der Waals surface area contributed by atoms with Gasteiger partial charge in [0.2, 0.25) is 0 Å². The zero-order valence-corrected chi connectivity index (χ0v) is 13.7. The lowest BCUT2D eigenvalue weighted by Crippen LogP contribution is -2.14. The molecule has 2 aromatic rings. The lowest BCUT2D eigenvalue weighted by molar-refractivity contribution is -0.386. The number of hydrogen-bond acceptors (Lipinski definition) is 5. The van der Waals surface area contributed by atoms with E-state index in [0.717, 1.165) is 18.2 Å². The van der Waals surface area contributed by atoms with Crippen molar-refractivity contribution in [2.45, 2.75) is 17.7 Å². The molecule has 134 valence electrons. The third-order valence-corrected chi connectivity index (χ3v) is 4.88. The molecule has 0 saturated carbocycles. The smallest absolute Gasteiger partial charge is 0.261 e. The van der Waals surface area contributed by atoms with Crippen LogP contribution in [0.15, 0.2) is 47.4 Å². The molecule has 25 heavy (non-hydrogen) atoms. The van der Waals surface area contributed by atoms with E-state index in [1.807, 2.05) is 0 Å². The highest BCUT2D eigenvalue weighted by Gasteiger charge is 2.37. The highest BCUT2D eigenvalue weighted by Crippen LogP contribution is 2.37. The average Bonchev–Trinajstić information content (AvgIpc) is 2.52. The van der Waals surface area contributed by atoms with E-state index < -0.39 is 49.5 Å². The predicted molar refractivity (Wildman–Crippen MR) is 81.5 cm³/mol. The van der Waals surface area contributed by atoms with Crippen LogP contribution >= 0.6 is 11.6 Å². The van der Waals surface area contributed by atoms with Gasteiger partial charge in [0.25, 0.3) is 15.8 Å². The van der Waals surface area contributed by atoms with Gasteiger partial charge in [-0.2, -0.15) is 21.6 Å². The Morgan fingerprint density at radius 2 is 1.76 bits per heavy atom. The van der Waals surface area contributed by atoms with Crippen molar-refractivity contribution in [3.05, 3.63) is 68.7 Å². The average molecular weight is 396 g/mol. The van der Waals surface area contributed by atoms with Gasteiger partial charge >= 0.3 is 6.18 Å². The Hall–Kier alpha value is -2.17. The lowest BCUT2D eigenvalue weighted by atomic mass is 10.1. The number of alkyl halides is 3. The van der Waals surface area contributed by atoms with Gasteiger partial charge < -0.3 is 0 Å². The Morgan fingerprint density at radius 1 is 1.12 bits per heavy atom. The largest absolute Gasteiger partial charge is 0.417 e. The number of halogens is 4. The van der Waals surface area contributed by atoms with Crippen LogP contribution in [0.1, 0.15) is 11.1 Å². The van der Waals surface area contributed by atoms with E-state index in [4.69, 9.17) is 11.6 Å². The van der Waals surface area contributed by atoms with Gasteiger partial charge in [-0.3, -0.25) is 14.3 Å². The summed E-state index contributed by atoms with van der Waals surface area (Å²) in [6, 6.07) is 7.43. The lowest BCUT2D eigenvalue weighted by Gasteiger charge is -2.13. The van der Waals surface area contributed by atoms with Crippen molar-refractivity contribution in [2.75, 3.05) is 0 Å². The normalized spacial score (nSPS) is 12.2. The summed E-state index contributed by atoms with van der Waals surface area (Å²) in [5.74, 6) is 0. The molecule has 0 aliphatic carbocycles. The number of hydrogen-bond donors (Lipinski definition) is 0. The summed E-state index contributed by atoms with van der Waals surface area (Å²) in [6.45, 7) is -1.17. The van der Waals surface area contributed by atoms with Gasteiger partial charge in [-0.25, -0.2) is 0 Å². The van der Waals surface area contributed by atoms with E-state index in [1.165, 1.54) is 18.2 Å². The van der Waals surface area contributed by atoms with Gasteiger partial charge in [0.1, 0.15) is 4.90 Å². The molecule has 2 rings (SSSR count). The van der Waals surface area contributed by atoms with Gasteiger partial charge in [0, 0.05) is 6.07 Å². The third kappa shape index (κ3) is 4.27. The van der Waals surface area contributed by atoms with Crippen molar-refractivity contribution >= 4 is 27.4 Å². The van der Waals surface area contributed by atoms with Crippen molar-refractivity contribution < 1.29 is 30.7 Å². The maximum Gasteiger partial charge on any atom is 0.417 e. The molecule has 0 aliphatic heterocycles. The predicted octanol–water partition coefficient (Wildman–Crippen LogP) is 4.17. The monoisotopic (exact) mass is 395 g/mol. The minimum atomic E-state index is -4.92. The standard InChI is InChI=1S/C14H9ClF3NO5S/c15-11-5-1-2-7-13(11)25(22,23)24-8-9-10(14(16,17)18)4-3-6-12(9)19(20)21/h1-7H,8H2. The van der Waals surface area contributed by atoms with Gasteiger partial charge in [0.15, 0.2) is 0 Å². The molecule has 0 atom stereocenters. The molecule has 6 nitrogen and oxygen atoms in total. The Labute approximate surface area is 145 Å². The summed E-state index contributed by atoms with van der Waals surface area (Å²) in [5.41, 5.74) is -3.14. The number of nitrogens with zero attached hydrogens (tertiary/aromatic N) is 1. The number of rotatable bonds is 5. The summed E-state index contributed by atoms with van der Waals surface area (Å²) in [6.07, 6.45) is -4.92. The Bertz CT molecular complexity index is 915. The van der Waals surface area contributed by atoms with Crippen molar-refractivity contribution in [2.24, 2.45) is 0 Å².